The standard InChI is InChI=1S/C21H31ClN4O3S/c1-7-25(8-2)30(28,29)17-9-10-19(22)20(11-17)23-21(27)12-18-15(5)24-26(16(18)6)13-14(3)4/h9-11,14H,7-8,12-13H2,1-6H3,(H,23,27). The maximum Gasteiger partial charge on any atom is 0.243 e. The zero-order valence-corrected chi connectivity index (χ0v) is 20.1. The molecule has 7 nitrogen and oxygen atoms in total. The molecule has 30 heavy (non-hydrogen) atoms. The van der Waals surface area contributed by atoms with Crippen LogP contribution in [0.15, 0.2) is 23.1 Å². The van der Waals surface area contributed by atoms with Crippen molar-refractivity contribution in [2.45, 2.75) is 59.4 Å². The van der Waals surface area contributed by atoms with Crippen molar-refractivity contribution in [3.05, 3.63) is 40.2 Å². The first kappa shape index (κ1) is 24.4. The van der Waals surface area contributed by atoms with Crippen molar-refractivity contribution in [1.82, 2.24) is 14.1 Å². The largest absolute Gasteiger partial charge is 0.324 e. The summed E-state index contributed by atoms with van der Waals surface area (Å²) in [6.45, 7) is 13.1. The lowest BCUT2D eigenvalue weighted by molar-refractivity contribution is -0.115. The molecule has 2 aromatic rings. The van der Waals surface area contributed by atoms with Crippen LogP contribution >= 0.6 is 11.6 Å². The molecule has 0 fully saturated rings. The van der Waals surface area contributed by atoms with E-state index < -0.39 is 10.0 Å². The highest BCUT2D eigenvalue weighted by Gasteiger charge is 2.23. The summed E-state index contributed by atoms with van der Waals surface area (Å²) in [7, 11) is -3.65. The summed E-state index contributed by atoms with van der Waals surface area (Å²) in [5, 5.41) is 7.58. The number of sulfonamides is 1. The molecule has 2 rings (SSSR count). The van der Waals surface area contributed by atoms with Crippen molar-refractivity contribution in [2.75, 3.05) is 18.4 Å². The van der Waals surface area contributed by atoms with Crippen LogP contribution in [0.5, 0.6) is 0 Å². The van der Waals surface area contributed by atoms with Gasteiger partial charge in [-0.05, 0) is 38.0 Å². The minimum Gasteiger partial charge on any atom is -0.324 e. The number of nitrogens with one attached hydrogen (secondary N) is 1. The summed E-state index contributed by atoms with van der Waals surface area (Å²) in [6.07, 6.45) is 0.138. The number of carbonyl (C=O) groups is 1. The van der Waals surface area contributed by atoms with Crippen molar-refractivity contribution in [2.24, 2.45) is 5.92 Å². The van der Waals surface area contributed by atoms with Gasteiger partial charge < -0.3 is 5.32 Å². The van der Waals surface area contributed by atoms with Gasteiger partial charge in [0.05, 0.1) is 27.7 Å². The Bertz CT molecular complexity index is 1010. The Hall–Kier alpha value is -1.90. The van der Waals surface area contributed by atoms with E-state index >= 15 is 0 Å². The zero-order valence-electron chi connectivity index (χ0n) is 18.5. The lowest BCUT2D eigenvalue weighted by Gasteiger charge is -2.19. The molecule has 166 valence electrons. The number of hydrogen-bond donors (Lipinski definition) is 1. The van der Waals surface area contributed by atoms with Gasteiger partial charge in [-0.15, -0.1) is 0 Å². The summed E-state index contributed by atoms with van der Waals surface area (Å²) in [5.74, 6) is 0.170. The molecule has 1 aromatic carbocycles. The first-order valence-electron chi connectivity index (χ1n) is 10.1. The average Bonchev–Trinajstić information content (AvgIpc) is 2.91. The predicted molar refractivity (Wildman–Crippen MR) is 120 cm³/mol. The highest BCUT2D eigenvalue weighted by Crippen LogP contribution is 2.27. The number of rotatable bonds is 9. The van der Waals surface area contributed by atoms with Crippen LogP contribution in [0.2, 0.25) is 5.02 Å². The van der Waals surface area contributed by atoms with Gasteiger partial charge in [-0.1, -0.05) is 39.3 Å². The van der Waals surface area contributed by atoms with E-state index in [2.05, 4.69) is 24.3 Å². The molecule has 1 amide bonds. The number of benzene rings is 1. The van der Waals surface area contributed by atoms with Crippen LogP contribution in [0.4, 0.5) is 5.69 Å². The van der Waals surface area contributed by atoms with Gasteiger partial charge in [-0.2, -0.15) is 9.40 Å². The third-order valence-corrected chi connectivity index (χ3v) is 7.34. The summed E-state index contributed by atoms with van der Waals surface area (Å²) in [5.41, 5.74) is 2.92. The van der Waals surface area contributed by atoms with Gasteiger partial charge >= 0.3 is 0 Å². The normalized spacial score (nSPS) is 12.0. The molecule has 0 aliphatic rings. The van der Waals surface area contributed by atoms with E-state index in [1.54, 1.807) is 13.8 Å². The number of aryl methyl sites for hydroxylation is 1. The first-order chi connectivity index (χ1) is 14.0. The highest BCUT2D eigenvalue weighted by molar-refractivity contribution is 7.89. The van der Waals surface area contributed by atoms with Crippen molar-refractivity contribution in [1.29, 1.82) is 0 Å². The lowest BCUT2D eigenvalue weighted by Crippen LogP contribution is -2.30. The second kappa shape index (κ2) is 9.94. The fourth-order valence-electron chi connectivity index (χ4n) is 3.34. The third kappa shape index (κ3) is 5.42. The average molecular weight is 455 g/mol. The molecule has 0 unspecified atom stereocenters. The Balaban J connectivity index is 2.25. The number of carbonyl (C=O) groups excluding carboxylic acids is 1. The van der Waals surface area contributed by atoms with Crippen molar-refractivity contribution < 1.29 is 13.2 Å². The Morgan fingerprint density at radius 2 is 1.87 bits per heavy atom. The predicted octanol–water partition coefficient (Wildman–Crippen LogP) is 4.02. The van der Waals surface area contributed by atoms with Crippen LogP contribution in [0.3, 0.4) is 0 Å². The van der Waals surface area contributed by atoms with Crippen molar-refractivity contribution in [3.63, 3.8) is 0 Å². The molecule has 9 heteroatoms. The molecular weight excluding hydrogens is 424 g/mol. The number of amides is 1. The summed E-state index contributed by atoms with van der Waals surface area (Å²) >= 11 is 6.23. The fraction of sp³-hybridized carbons (Fsp3) is 0.524. The maximum atomic E-state index is 12.8. The molecular formula is C21H31ClN4O3S. The molecule has 0 aliphatic carbocycles. The fourth-order valence-corrected chi connectivity index (χ4v) is 4.99. The molecule has 0 saturated heterocycles. The highest BCUT2D eigenvalue weighted by atomic mass is 35.5. The van der Waals surface area contributed by atoms with Gasteiger partial charge in [0, 0.05) is 30.9 Å². The van der Waals surface area contributed by atoms with E-state index in [-0.39, 0.29) is 27.9 Å². The third-order valence-electron chi connectivity index (χ3n) is 4.96. The van der Waals surface area contributed by atoms with E-state index in [9.17, 15) is 13.2 Å². The Kier molecular flexibility index (Phi) is 8.07. The summed E-state index contributed by atoms with van der Waals surface area (Å²) in [4.78, 5) is 12.8. The molecule has 1 heterocycles. The Morgan fingerprint density at radius 3 is 2.43 bits per heavy atom. The van der Waals surface area contributed by atoms with Crippen LogP contribution < -0.4 is 5.32 Å². The Labute approximate surface area is 184 Å². The van der Waals surface area contributed by atoms with Gasteiger partial charge in [0.25, 0.3) is 0 Å². The number of hydrogen-bond acceptors (Lipinski definition) is 4. The molecule has 0 atom stereocenters. The van der Waals surface area contributed by atoms with Gasteiger partial charge in [-0.25, -0.2) is 8.42 Å². The number of aromatic nitrogens is 2. The monoisotopic (exact) mass is 454 g/mol. The van der Waals surface area contributed by atoms with Crippen molar-refractivity contribution in [3.8, 4) is 0 Å². The molecule has 0 saturated carbocycles. The van der Waals surface area contributed by atoms with Crippen LogP contribution in [0.25, 0.3) is 0 Å². The minimum atomic E-state index is -3.65. The molecule has 0 aliphatic heterocycles. The van der Waals surface area contributed by atoms with Gasteiger partial charge in [-0.3, -0.25) is 9.48 Å². The van der Waals surface area contributed by atoms with Crippen LogP contribution in [-0.4, -0.2) is 41.5 Å². The summed E-state index contributed by atoms with van der Waals surface area (Å²) < 4.78 is 28.8. The second-order valence-electron chi connectivity index (χ2n) is 7.68. The minimum absolute atomic E-state index is 0.100. The van der Waals surface area contributed by atoms with Gasteiger partial charge in [0.1, 0.15) is 0 Å². The quantitative estimate of drug-likeness (QED) is 0.620. The Morgan fingerprint density at radius 1 is 1.23 bits per heavy atom. The van der Waals surface area contributed by atoms with E-state index in [4.69, 9.17) is 11.6 Å². The molecule has 0 spiro atoms. The number of halogens is 1. The molecule has 0 bridgehead atoms. The van der Waals surface area contributed by atoms with E-state index in [1.807, 2.05) is 18.5 Å². The number of nitrogens with zero attached hydrogens (tertiary/aromatic N) is 3. The van der Waals surface area contributed by atoms with E-state index in [0.29, 0.717) is 19.0 Å². The number of anilines is 1. The second-order valence-corrected chi connectivity index (χ2v) is 10.0. The van der Waals surface area contributed by atoms with Crippen LogP contribution in [-0.2, 0) is 27.8 Å². The van der Waals surface area contributed by atoms with E-state index in [0.717, 1.165) is 23.5 Å². The van der Waals surface area contributed by atoms with Crippen LogP contribution in [0.1, 0.15) is 44.6 Å². The van der Waals surface area contributed by atoms with Gasteiger partial charge in [0.2, 0.25) is 15.9 Å². The van der Waals surface area contributed by atoms with Crippen LogP contribution in [0, 0.1) is 19.8 Å². The smallest absolute Gasteiger partial charge is 0.243 e. The summed E-state index contributed by atoms with van der Waals surface area (Å²) in [6, 6.07) is 4.36. The topological polar surface area (TPSA) is 84.3 Å². The maximum absolute atomic E-state index is 12.8. The molecule has 0 radical (unpaired) electrons. The zero-order chi connectivity index (χ0) is 22.6. The lowest BCUT2D eigenvalue weighted by atomic mass is 10.1. The first-order valence-corrected chi connectivity index (χ1v) is 11.9. The van der Waals surface area contributed by atoms with Crippen molar-refractivity contribution >= 4 is 33.2 Å². The van der Waals surface area contributed by atoms with Gasteiger partial charge in [0.15, 0.2) is 0 Å². The molecule has 1 N–H and O–H groups in total. The van der Waals surface area contributed by atoms with E-state index in [1.165, 1.54) is 22.5 Å². The SMILES string of the molecule is CCN(CC)S(=O)(=O)c1ccc(Cl)c(NC(=O)Cc2c(C)nn(CC(C)C)c2C)c1. The molecule has 1 aromatic heterocycles.